The molecule has 0 spiro atoms. The highest BCUT2D eigenvalue weighted by atomic mass is 16.5. The van der Waals surface area contributed by atoms with Gasteiger partial charge in [-0.25, -0.2) is 4.79 Å². The molecule has 0 radical (unpaired) electrons. The summed E-state index contributed by atoms with van der Waals surface area (Å²) in [5.74, 6) is 3.41. The SMILES string of the molecule is CN(C(=O)NCCC1C2CCCC21)c1ccc(OCC(O)CNC(C)(C)C)cc1. The van der Waals surface area contributed by atoms with Gasteiger partial charge in [-0.1, -0.05) is 6.42 Å². The molecule has 2 saturated carbocycles. The lowest BCUT2D eigenvalue weighted by Gasteiger charge is -2.23. The fourth-order valence-corrected chi connectivity index (χ4v) is 4.42. The standard InChI is InChI=1S/C23H37N3O3/c1-23(2,3)25-14-17(27)15-29-18-10-8-16(9-11-18)26(4)22(28)24-13-12-21-19-6-5-7-20(19)21/h8-11,17,19-21,25,27H,5-7,12-15H2,1-4H3,(H,24,28). The van der Waals surface area contributed by atoms with Crippen molar-refractivity contribution in [1.29, 1.82) is 0 Å². The number of rotatable bonds is 9. The first kappa shape index (κ1) is 21.9. The van der Waals surface area contributed by atoms with Gasteiger partial charge in [-0.2, -0.15) is 0 Å². The van der Waals surface area contributed by atoms with E-state index in [1.807, 2.05) is 24.3 Å². The van der Waals surface area contributed by atoms with E-state index >= 15 is 0 Å². The largest absolute Gasteiger partial charge is 0.491 e. The number of ether oxygens (including phenoxy) is 1. The van der Waals surface area contributed by atoms with Crippen LogP contribution in [0, 0.1) is 17.8 Å². The summed E-state index contributed by atoms with van der Waals surface area (Å²) in [5, 5.41) is 16.3. The minimum Gasteiger partial charge on any atom is -0.491 e. The maximum atomic E-state index is 12.4. The Hall–Kier alpha value is -1.79. The number of nitrogens with zero attached hydrogens (tertiary/aromatic N) is 1. The first-order chi connectivity index (χ1) is 13.7. The molecule has 6 heteroatoms. The number of nitrogens with one attached hydrogen (secondary N) is 2. The maximum absolute atomic E-state index is 12.4. The Balaban J connectivity index is 1.36. The molecule has 6 nitrogen and oxygen atoms in total. The molecule has 0 aliphatic heterocycles. The van der Waals surface area contributed by atoms with Crippen LogP contribution in [0.2, 0.25) is 0 Å². The fraction of sp³-hybridized carbons (Fsp3) is 0.696. The van der Waals surface area contributed by atoms with E-state index in [-0.39, 0.29) is 18.2 Å². The van der Waals surface area contributed by atoms with Crippen LogP contribution in [0.5, 0.6) is 5.75 Å². The summed E-state index contributed by atoms with van der Waals surface area (Å²) in [7, 11) is 1.78. The number of fused-ring (bicyclic) bond motifs is 1. The van der Waals surface area contributed by atoms with E-state index in [1.165, 1.54) is 19.3 Å². The average molecular weight is 404 g/mol. The van der Waals surface area contributed by atoms with Gasteiger partial charge in [-0.15, -0.1) is 0 Å². The molecule has 3 atom stereocenters. The van der Waals surface area contributed by atoms with Gasteiger partial charge < -0.3 is 20.5 Å². The summed E-state index contributed by atoms with van der Waals surface area (Å²) in [4.78, 5) is 14.0. The molecule has 2 amide bonds. The number of anilines is 1. The average Bonchev–Trinajstić information content (AvgIpc) is 3.10. The number of hydrogen-bond donors (Lipinski definition) is 3. The van der Waals surface area contributed by atoms with Crippen molar-refractivity contribution >= 4 is 11.7 Å². The molecule has 3 unspecified atom stereocenters. The lowest BCUT2D eigenvalue weighted by Crippen LogP contribution is -2.42. The Morgan fingerprint density at radius 3 is 2.52 bits per heavy atom. The van der Waals surface area contributed by atoms with Gasteiger partial charge in [0.2, 0.25) is 0 Å². The highest BCUT2D eigenvalue weighted by molar-refractivity contribution is 5.91. The van der Waals surface area contributed by atoms with Crippen molar-refractivity contribution in [1.82, 2.24) is 10.6 Å². The number of urea groups is 1. The highest BCUT2D eigenvalue weighted by Crippen LogP contribution is 2.58. The number of aliphatic hydroxyl groups excluding tert-OH is 1. The first-order valence-corrected chi connectivity index (χ1v) is 10.9. The summed E-state index contributed by atoms with van der Waals surface area (Å²) >= 11 is 0. The van der Waals surface area contributed by atoms with E-state index in [0.29, 0.717) is 12.3 Å². The zero-order chi connectivity index (χ0) is 21.0. The van der Waals surface area contributed by atoms with Crippen molar-refractivity contribution < 1.29 is 14.6 Å². The highest BCUT2D eigenvalue weighted by Gasteiger charge is 2.51. The van der Waals surface area contributed by atoms with E-state index in [9.17, 15) is 9.90 Å². The van der Waals surface area contributed by atoms with Crippen LogP contribution in [0.15, 0.2) is 24.3 Å². The van der Waals surface area contributed by atoms with Crippen LogP contribution in [-0.2, 0) is 0 Å². The zero-order valence-electron chi connectivity index (χ0n) is 18.3. The minimum absolute atomic E-state index is 0.0364. The Morgan fingerprint density at radius 2 is 1.90 bits per heavy atom. The number of hydrogen-bond acceptors (Lipinski definition) is 4. The Bertz CT molecular complexity index is 661. The molecule has 0 aromatic heterocycles. The van der Waals surface area contributed by atoms with Gasteiger partial charge in [0, 0.05) is 31.4 Å². The molecule has 0 saturated heterocycles. The lowest BCUT2D eigenvalue weighted by atomic mass is 10.1. The second-order valence-electron chi connectivity index (χ2n) is 9.59. The number of carbonyl (C=O) groups is 1. The molecular weight excluding hydrogens is 366 g/mol. The molecule has 1 aromatic rings. The molecule has 0 heterocycles. The summed E-state index contributed by atoms with van der Waals surface area (Å²) in [5.41, 5.74) is 0.777. The van der Waals surface area contributed by atoms with Crippen molar-refractivity contribution in [2.45, 2.75) is 58.1 Å². The van der Waals surface area contributed by atoms with Gasteiger partial charge in [0.05, 0.1) is 0 Å². The van der Waals surface area contributed by atoms with E-state index in [0.717, 1.165) is 36.4 Å². The van der Waals surface area contributed by atoms with E-state index in [1.54, 1.807) is 11.9 Å². The normalized spacial score (nSPS) is 24.0. The van der Waals surface area contributed by atoms with Gasteiger partial charge in [0.1, 0.15) is 18.5 Å². The fourth-order valence-electron chi connectivity index (χ4n) is 4.42. The van der Waals surface area contributed by atoms with Gasteiger partial charge in [0.25, 0.3) is 0 Å². The molecule has 0 bridgehead atoms. The second-order valence-corrected chi connectivity index (χ2v) is 9.59. The third kappa shape index (κ3) is 6.34. The van der Waals surface area contributed by atoms with Crippen LogP contribution in [0.25, 0.3) is 0 Å². The monoisotopic (exact) mass is 403 g/mol. The maximum Gasteiger partial charge on any atom is 0.321 e. The van der Waals surface area contributed by atoms with Crippen molar-refractivity contribution in [2.24, 2.45) is 17.8 Å². The molecule has 3 rings (SSSR count). The Morgan fingerprint density at radius 1 is 1.24 bits per heavy atom. The predicted octanol–water partition coefficient (Wildman–Crippen LogP) is 3.40. The number of benzene rings is 1. The summed E-state index contributed by atoms with van der Waals surface area (Å²) < 4.78 is 5.65. The summed E-state index contributed by atoms with van der Waals surface area (Å²) in [6.07, 6.45) is 4.71. The second kappa shape index (κ2) is 9.35. The Labute approximate surface area is 175 Å². The van der Waals surface area contributed by atoms with Crippen molar-refractivity contribution in [3.05, 3.63) is 24.3 Å². The van der Waals surface area contributed by atoms with Crippen LogP contribution >= 0.6 is 0 Å². The molecule has 2 aliphatic rings. The van der Waals surface area contributed by atoms with Crippen molar-refractivity contribution in [3.63, 3.8) is 0 Å². The lowest BCUT2D eigenvalue weighted by molar-refractivity contribution is 0.100. The van der Waals surface area contributed by atoms with Gasteiger partial charge in [0.15, 0.2) is 0 Å². The summed E-state index contributed by atoms with van der Waals surface area (Å²) in [6, 6.07) is 7.30. The Kier molecular flexibility index (Phi) is 7.06. The topological polar surface area (TPSA) is 73.8 Å². The van der Waals surface area contributed by atoms with E-state index < -0.39 is 6.10 Å². The van der Waals surface area contributed by atoms with Gasteiger partial charge in [-0.05, 0) is 82.1 Å². The van der Waals surface area contributed by atoms with Crippen molar-refractivity contribution in [2.75, 3.05) is 31.6 Å². The third-order valence-corrected chi connectivity index (χ3v) is 6.18. The summed E-state index contributed by atoms with van der Waals surface area (Å²) in [6.45, 7) is 7.63. The van der Waals surface area contributed by atoms with Crippen LogP contribution in [0.1, 0.15) is 46.5 Å². The molecule has 3 N–H and O–H groups in total. The number of amides is 2. The van der Waals surface area contributed by atoms with Gasteiger partial charge in [-0.3, -0.25) is 4.90 Å². The first-order valence-electron chi connectivity index (χ1n) is 10.9. The van der Waals surface area contributed by atoms with Crippen LogP contribution in [-0.4, -0.2) is 49.5 Å². The van der Waals surface area contributed by atoms with Gasteiger partial charge >= 0.3 is 6.03 Å². The minimum atomic E-state index is -0.576. The van der Waals surface area contributed by atoms with Crippen LogP contribution in [0.4, 0.5) is 10.5 Å². The van der Waals surface area contributed by atoms with Crippen molar-refractivity contribution in [3.8, 4) is 5.75 Å². The zero-order valence-corrected chi connectivity index (χ0v) is 18.3. The number of β-amino-alcohol motifs (C(OH)–C–C–N with tert-alkyl or cyclic N) is 1. The van der Waals surface area contributed by atoms with Crippen LogP contribution < -0.4 is 20.3 Å². The third-order valence-electron chi connectivity index (χ3n) is 6.18. The smallest absolute Gasteiger partial charge is 0.321 e. The quantitative estimate of drug-likeness (QED) is 0.591. The predicted molar refractivity (Wildman–Crippen MR) is 116 cm³/mol. The number of carbonyl (C=O) groups excluding carboxylic acids is 1. The molecule has 2 aliphatic carbocycles. The van der Waals surface area contributed by atoms with E-state index in [2.05, 4.69) is 31.4 Å². The van der Waals surface area contributed by atoms with Crippen LogP contribution in [0.3, 0.4) is 0 Å². The molecule has 29 heavy (non-hydrogen) atoms. The van der Waals surface area contributed by atoms with E-state index in [4.69, 9.17) is 4.74 Å². The molecule has 2 fully saturated rings. The molecule has 162 valence electrons. The molecule has 1 aromatic carbocycles. The molecular formula is C23H37N3O3. The number of aliphatic hydroxyl groups is 1.